The first-order valence-electron chi connectivity index (χ1n) is 5.06. The van der Waals surface area contributed by atoms with Gasteiger partial charge in [0.1, 0.15) is 0 Å². The molecule has 1 aliphatic rings. The number of thioether (sulfide) groups is 1. The normalized spacial score (nSPS) is 15.5. The van der Waals surface area contributed by atoms with Crippen molar-refractivity contribution in [2.24, 2.45) is 0 Å². The number of allylic oxidation sites excluding steroid dienone is 5. The van der Waals surface area contributed by atoms with Crippen LogP contribution >= 0.6 is 11.8 Å². The van der Waals surface area contributed by atoms with Crippen LogP contribution in [0.1, 0.15) is 12.5 Å². The lowest BCUT2D eigenvalue weighted by atomic mass is 10.0. The molecule has 0 N–H and O–H groups in total. The van der Waals surface area contributed by atoms with Gasteiger partial charge in [0.25, 0.3) is 0 Å². The summed E-state index contributed by atoms with van der Waals surface area (Å²) in [4.78, 5) is 2.79. The van der Waals surface area contributed by atoms with E-state index in [0.717, 1.165) is 6.42 Å². The minimum atomic E-state index is 1.04. The zero-order valence-corrected chi connectivity index (χ0v) is 9.68. The van der Waals surface area contributed by atoms with Crippen molar-refractivity contribution >= 4 is 11.8 Å². The molecule has 0 aromatic heterocycles. The standard InChI is InChI=1S/C14H14S/c1-3-4-7-12-10-13-8-5-6-9-14(13)15-11(12)2/h3-9H,1,10H2,2H3/b7-4-. The zero-order valence-electron chi connectivity index (χ0n) is 8.86. The summed E-state index contributed by atoms with van der Waals surface area (Å²) in [5.41, 5.74) is 2.83. The van der Waals surface area contributed by atoms with E-state index in [-0.39, 0.29) is 0 Å². The van der Waals surface area contributed by atoms with Crippen LogP contribution in [0.3, 0.4) is 0 Å². The molecule has 0 aliphatic carbocycles. The van der Waals surface area contributed by atoms with Gasteiger partial charge >= 0.3 is 0 Å². The first-order chi connectivity index (χ1) is 7.31. The van der Waals surface area contributed by atoms with Gasteiger partial charge in [0.2, 0.25) is 0 Å². The molecule has 1 heterocycles. The van der Waals surface area contributed by atoms with Crippen molar-refractivity contribution in [2.75, 3.05) is 0 Å². The molecule has 0 spiro atoms. The Balaban J connectivity index is 2.31. The summed E-state index contributed by atoms with van der Waals surface area (Å²) in [5.74, 6) is 0. The molecule has 0 fully saturated rings. The topological polar surface area (TPSA) is 0 Å². The van der Waals surface area contributed by atoms with E-state index in [1.807, 2.05) is 23.9 Å². The van der Waals surface area contributed by atoms with E-state index in [4.69, 9.17) is 0 Å². The largest absolute Gasteiger partial charge is 0.0991 e. The lowest BCUT2D eigenvalue weighted by Crippen LogP contribution is -1.98. The van der Waals surface area contributed by atoms with Gasteiger partial charge in [-0.3, -0.25) is 0 Å². The Morgan fingerprint density at radius 3 is 2.93 bits per heavy atom. The van der Waals surface area contributed by atoms with Crippen LogP contribution in [0.2, 0.25) is 0 Å². The Morgan fingerprint density at radius 1 is 1.33 bits per heavy atom. The fourth-order valence-electron chi connectivity index (χ4n) is 1.67. The maximum atomic E-state index is 3.70. The number of benzene rings is 1. The molecule has 0 bridgehead atoms. The summed E-state index contributed by atoms with van der Waals surface area (Å²) in [6, 6.07) is 8.60. The maximum absolute atomic E-state index is 3.70. The molecule has 0 saturated heterocycles. The van der Waals surface area contributed by atoms with Gasteiger partial charge < -0.3 is 0 Å². The lowest BCUT2D eigenvalue weighted by Gasteiger charge is -2.18. The molecular weight excluding hydrogens is 200 g/mol. The van der Waals surface area contributed by atoms with Crippen molar-refractivity contribution in [2.45, 2.75) is 18.2 Å². The second-order valence-electron chi connectivity index (χ2n) is 3.56. The summed E-state index contributed by atoms with van der Waals surface area (Å²) in [7, 11) is 0. The second-order valence-corrected chi connectivity index (χ2v) is 4.82. The van der Waals surface area contributed by atoms with Crippen molar-refractivity contribution in [1.82, 2.24) is 0 Å². The number of hydrogen-bond acceptors (Lipinski definition) is 1. The van der Waals surface area contributed by atoms with Crippen molar-refractivity contribution in [3.63, 3.8) is 0 Å². The van der Waals surface area contributed by atoms with E-state index in [2.05, 4.69) is 43.8 Å². The lowest BCUT2D eigenvalue weighted by molar-refractivity contribution is 1.10. The van der Waals surface area contributed by atoms with Crippen molar-refractivity contribution in [3.8, 4) is 0 Å². The molecule has 76 valence electrons. The van der Waals surface area contributed by atoms with Gasteiger partial charge in [-0.15, -0.1) is 0 Å². The smallest absolute Gasteiger partial charge is 0.0154 e. The van der Waals surface area contributed by atoms with Gasteiger partial charge in [-0.1, -0.05) is 54.8 Å². The molecule has 2 rings (SSSR count). The Labute approximate surface area is 95.4 Å². The predicted octanol–water partition coefficient (Wildman–Crippen LogP) is 4.35. The van der Waals surface area contributed by atoms with Crippen LogP contribution in [-0.2, 0) is 6.42 Å². The molecule has 0 saturated carbocycles. The minimum absolute atomic E-state index is 1.04. The highest BCUT2D eigenvalue weighted by Crippen LogP contribution is 2.38. The second kappa shape index (κ2) is 4.54. The van der Waals surface area contributed by atoms with E-state index in [1.54, 1.807) is 0 Å². The maximum Gasteiger partial charge on any atom is 0.0154 e. The van der Waals surface area contributed by atoms with Crippen LogP contribution < -0.4 is 0 Å². The molecule has 1 heteroatoms. The average molecular weight is 214 g/mol. The SMILES string of the molecule is C=C/C=C\C1=C(C)Sc2ccccc2C1. The Kier molecular flexibility index (Phi) is 3.12. The van der Waals surface area contributed by atoms with Crippen LogP contribution in [0.15, 0.2) is 64.4 Å². The molecule has 0 nitrogen and oxygen atoms in total. The average Bonchev–Trinajstić information content (AvgIpc) is 2.26. The molecule has 0 unspecified atom stereocenters. The van der Waals surface area contributed by atoms with Gasteiger partial charge in [0, 0.05) is 4.90 Å². The third-order valence-electron chi connectivity index (χ3n) is 2.50. The fraction of sp³-hybridized carbons (Fsp3) is 0.143. The highest BCUT2D eigenvalue weighted by molar-refractivity contribution is 8.03. The Hall–Kier alpha value is -1.21. The molecule has 0 atom stereocenters. The van der Waals surface area contributed by atoms with Gasteiger partial charge in [0.05, 0.1) is 0 Å². The van der Waals surface area contributed by atoms with E-state index >= 15 is 0 Å². The van der Waals surface area contributed by atoms with Crippen LogP contribution in [0, 0.1) is 0 Å². The third kappa shape index (κ3) is 2.24. The number of hydrogen-bond donors (Lipinski definition) is 0. The number of fused-ring (bicyclic) bond motifs is 1. The monoisotopic (exact) mass is 214 g/mol. The quantitative estimate of drug-likeness (QED) is 0.659. The number of rotatable bonds is 2. The molecule has 0 radical (unpaired) electrons. The van der Waals surface area contributed by atoms with Gasteiger partial charge in [-0.25, -0.2) is 0 Å². The summed E-state index contributed by atoms with van der Waals surface area (Å²) < 4.78 is 0. The van der Waals surface area contributed by atoms with Crippen LogP contribution in [-0.4, -0.2) is 0 Å². The molecular formula is C14H14S. The van der Waals surface area contributed by atoms with E-state index in [0.29, 0.717) is 0 Å². The van der Waals surface area contributed by atoms with E-state index < -0.39 is 0 Å². The van der Waals surface area contributed by atoms with Gasteiger partial charge in [-0.2, -0.15) is 0 Å². The first-order valence-corrected chi connectivity index (χ1v) is 5.87. The fourth-order valence-corrected chi connectivity index (χ4v) is 2.69. The van der Waals surface area contributed by atoms with Crippen molar-refractivity contribution in [1.29, 1.82) is 0 Å². The van der Waals surface area contributed by atoms with Crippen molar-refractivity contribution < 1.29 is 0 Å². The van der Waals surface area contributed by atoms with Crippen LogP contribution in [0.5, 0.6) is 0 Å². The predicted molar refractivity (Wildman–Crippen MR) is 68.0 cm³/mol. The zero-order chi connectivity index (χ0) is 10.7. The summed E-state index contributed by atoms with van der Waals surface area (Å²) >= 11 is 1.86. The molecule has 1 aliphatic heterocycles. The third-order valence-corrected chi connectivity index (χ3v) is 3.69. The summed E-state index contributed by atoms with van der Waals surface area (Å²) in [5, 5.41) is 0. The molecule has 1 aromatic carbocycles. The molecule has 1 aromatic rings. The highest BCUT2D eigenvalue weighted by atomic mass is 32.2. The van der Waals surface area contributed by atoms with Gasteiger partial charge in [0.15, 0.2) is 0 Å². The molecule has 15 heavy (non-hydrogen) atoms. The minimum Gasteiger partial charge on any atom is -0.0991 e. The van der Waals surface area contributed by atoms with E-state index in [1.165, 1.54) is 20.9 Å². The summed E-state index contributed by atoms with van der Waals surface area (Å²) in [6.07, 6.45) is 7.03. The highest BCUT2D eigenvalue weighted by Gasteiger charge is 2.13. The van der Waals surface area contributed by atoms with E-state index in [9.17, 15) is 0 Å². The van der Waals surface area contributed by atoms with Gasteiger partial charge in [-0.05, 0) is 35.5 Å². The Bertz CT molecular complexity index is 438. The summed E-state index contributed by atoms with van der Waals surface area (Å²) in [6.45, 7) is 5.88. The Morgan fingerprint density at radius 2 is 2.13 bits per heavy atom. The molecule has 0 amide bonds. The van der Waals surface area contributed by atoms with Crippen LogP contribution in [0.4, 0.5) is 0 Å². The van der Waals surface area contributed by atoms with Crippen molar-refractivity contribution in [3.05, 3.63) is 65.1 Å². The first kappa shape index (κ1) is 10.3. The van der Waals surface area contributed by atoms with Crippen LogP contribution in [0.25, 0.3) is 0 Å².